The molecule has 0 N–H and O–H groups in total. The van der Waals surface area contributed by atoms with Crippen molar-refractivity contribution >= 4 is 5.97 Å². The minimum atomic E-state index is -0.994. The Morgan fingerprint density at radius 2 is 0.821 bits per heavy atom. The molecule has 39 heavy (non-hydrogen) atoms. The third-order valence-electron chi connectivity index (χ3n) is 6.46. The van der Waals surface area contributed by atoms with E-state index in [-0.39, 0.29) is 19.8 Å². The maximum atomic E-state index is 13.3. The summed E-state index contributed by atoms with van der Waals surface area (Å²) in [6.45, 7) is 1.06. The molecule has 6 nitrogen and oxygen atoms in total. The van der Waals surface area contributed by atoms with Crippen LogP contribution >= 0.6 is 0 Å². The van der Waals surface area contributed by atoms with Crippen molar-refractivity contribution in [2.75, 3.05) is 0 Å². The van der Waals surface area contributed by atoms with Gasteiger partial charge in [-0.05, 0) is 22.3 Å². The summed E-state index contributed by atoms with van der Waals surface area (Å²) >= 11 is 0. The first kappa shape index (κ1) is 26.8. The van der Waals surface area contributed by atoms with Gasteiger partial charge in [-0.3, -0.25) is 0 Å². The van der Waals surface area contributed by atoms with Crippen molar-refractivity contribution < 1.29 is 28.5 Å². The highest BCUT2D eigenvalue weighted by Crippen LogP contribution is 2.29. The summed E-state index contributed by atoms with van der Waals surface area (Å²) in [4.78, 5) is 13.3. The molecule has 0 aromatic heterocycles. The number of hydrogen-bond acceptors (Lipinski definition) is 6. The normalized spacial score (nSPS) is 20.9. The van der Waals surface area contributed by atoms with E-state index >= 15 is 0 Å². The Labute approximate surface area is 229 Å². The fourth-order valence-electron chi connectivity index (χ4n) is 4.40. The summed E-state index contributed by atoms with van der Waals surface area (Å²) in [6, 6.07) is 39.1. The van der Waals surface area contributed by atoms with Crippen LogP contribution in [0.5, 0.6) is 0 Å². The van der Waals surface area contributed by atoms with Gasteiger partial charge in [-0.2, -0.15) is 0 Å². The number of carbonyl (C=O) groups is 1. The lowest BCUT2D eigenvalue weighted by Gasteiger charge is -2.40. The van der Waals surface area contributed by atoms with Crippen LogP contribution in [0.15, 0.2) is 121 Å². The fraction of sp³-hybridized carbons (Fsp3) is 0.242. The molecule has 6 heteroatoms. The van der Waals surface area contributed by atoms with Crippen LogP contribution in [-0.4, -0.2) is 30.6 Å². The highest BCUT2D eigenvalue weighted by atomic mass is 16.7. The summed E-state index contributed by atoms with van der Waals surface area (Å²) in [5.74, 6) is -0.540. The van der Waals surface area contributed by atoms with Crippen LogP contribution < -0.4 is 0 Å². The lowest BCUT2D eigenvalue weighted by Crippen LogP contribution is -2.59. The summed E-state index contributed by atoms with van der Waals surface area (Å²) in [5.41, 5.74) is 3.86. The van der Waals surface area contributed by atoms with Gasteiger partial charge in [-0.25, -0.2) is 4.79 Å². The second kappa shape index (κ2) is 13.8. The van der Waals surface area contributed by atoms with E-state index in [1.54, 1.807) is 0 Å². The van der Waals surface area contributed by atoms with Gasteiger partial charge in [0.2, 0.25) is 6.29 Å². The van der Waals surface area contributed by atoms with Crippen LogP contribution in [0.25, 0.3) is 0 Å². The Kier molecular flexibility index (Phi) is 9.50. The van der Waals surface area contributed by atoms with Crippen molar-refractivity contribution in [2.45, 2.75) is 51.0 Å². The number of carbonyl (C=O) groups excluding carboxylic acids is 1. The van der Waals surface area contributed by atoms with E-state index in [0.29, 0.717) is 6.61 Å². The topological polar surface area (TPSA) is 63.2 Å². The molecule has 0 unspecified atom stereocenters. The number of benzene rings is 4. The molecule has 1 saturated heterocycles. The van der Waals surface area contributed by atoms with Crippen LogP contribution in [0.3, 0.4) is 0 Å². The van der Waals surface area contributed by atoms with E-state index in [1.807, 2.05) is 121 Å². The molecule has 0 radical (unpaired) electrons. The van der Waals surface area contributed by atoms with Gasteiger partial charge in [0.15, 0.2) is 6.10 Å². The van der Waals surface area contributed by atoms with Crippen molar-refractivity contribution in [2.24, 2.45) is 0 Å². The van der Waals surface area contributed by atoms with Crippen molar-refractivity contribution in [3.05, 3.63) is 144 Å². The Morgan fingerprint density at radius 1 is 0.462 bits per heavy atom. The predicted molar refractivity (Wildman–Crippen MR) is 146 cm³/mol. The lowest BCUT2D eigenvalue weighted by molar-refractivity contribution is -0.283. The summed E-state index contributed by atoms with van der Waals surface area (Å²) in [5, 5.41) is 0. The molecule has 4 atom stereocenters. The van der Waals surface area contributed by atoms with Crippen LogP contribution in [0, 0.1) is 0 Å². The molecule has 0 aliphatic carbocycles. The average molecular weight is 525 g/mol. The quantitative estimate of drug-likeness (QED) is 0.217. The fourth-order valence-corrected chi connectivity index (χ4v) is 4.40. The van der Waals surface area contributed by atoms with Gasteiger partial charge >= 0.3 is 5.97 Å². The molecule has 4 aromatic rings. The van der Waals surface area contributed by atoms with E-state index in [0.717, 1.165) is 22.3 Å². The SMILES string of the molecule is O=C1O[C@@H](OCc2ccccc2)[C@@H](OCc2ccccc2)[C@H](OCc2ccccc2)[C@H]1OCc1ccccc1. The number of esters is 1. The van der Waals surface area contributed by atoms with Crippen molar-refractivity contribution in [3.63, 3.8) is 0 Å². The van der Waals surface area contributed by atoms with Crippen LogP contribution in [0.2, 0.25) is 0 Å². The Bertz CT molecular complexity index is 1270. The van der Waals surface area contributed by atoms with Gasteiger partial charge in [0, 0.05) is 0 Å². The number of cyclic esters (lactones) is 1. The molecule has 0 saturated carbocycles. The van der Waals surface area contributed by atoms with Crippen molar-refractivity contribution in [1.29, 1.82) is 0 Å². The van der Waals surface area contributed by atoms with Gasteiger partial charge in [-0.15, -0.1) is 0 Å². The monoisotopic (exact) mass is 524 g/mol. The minimum Gasteiger partial charge on any atom is -0.431 e. The molecule has 1 heterocycles. The highest BCUT2D eigenvalue weighted by molar-refractivity contribution is 5.76. The average Bonchev–Trinajstić information content (AvgIpc) is 3.00. The zero-order chi connectivity index (χ0) is 26.7. The molecule has 0 spiro atoms. The van der Waals surface area contributed by atoms with Gasteiger partial charge < -0.3 is 23.7 Å². The number of hydrogen-bond donors (Lipinski definition) is 0. The Morgan fingerprint density at radius 3 is 1.26 bits per heavy atom. The first-order valence-corrected chi connectivity index (χ1v) is 13.1. The molecular formula is C33H32O6. The van der Waals surface area contributed by atoms with Gasteiger partial charge in [0.1, 0.15) is 12.2 Å². The molecule has 5 rings (SSSR count). The minimum absolute atomic E-state index is 0.229. The summed E-state index contributed by atoms with van der Waals surface area (Å²) in [7, 11) is 0. The van der Waals surface area contributed by atoms with Crippen molar-refractivity contribution in [1.82, 2.24) is 0 Å². The number of ether oxygens (including phenoxy) is 5. The largest absolute Gasteiger partial charge is 0.431 e. The zero-order valence-corrected chi connectivity index (χ0v) is 21.6. The van der Waals surface area contributed by atoms with Gasteiger partial charge in [0.25, 0.3) is 0 Å². The second-order valence-corrected chi connectivity index (χ2v) is 9.34. The summed E-state index contributed by atoms with van der Waals surface area (Å²) < 4.78 is 30.9. The van der Waals surface area contributed by atoms with Crippen molar-refractivity contribution in [3.8, 4) is 0 Å². The van der Waals surface area contributed by atoms with Gasteiger partial charge in [-0.1, -0.05) is 121 Å². The molecule has 0 bridgehead atoms. The van der Waals surface area contributed by atoms with E-state index in [9.17, 15) is 4.79 Å². The first-order valence-electron chi connectivity index (χ1n) is 13.1. The van der Waals surface area contributed by atoms with E-state index in [4.69, 9.17) is 23.7 Å². The third-order valence-corrected chi connectivity index (χ3v) is 6.46. The molecule has 4 aromatic carbocycles. The molecule has 200 valence electrons. The predicted octanol–water partition coefficient (Wildman–Crippen LogP) is 5.84. The third kappa shape index (κ3) is 7.62. The second-order valence-electron chi connectivity index (χ2n) is 9.34. The van der Waals surface area contributed by atoms with Crippen LogP contribution in [0.1, 0.15) is 22.3 Å². The highest BCUT2D eigenvalue weighted by Gasteiger charge is 2.49. The first-order chi connectivity index (χ1) is 19.3. The van der Waals surface area contributed by atoms with Gasteiger partial charge in [0.05, 0.1) is 26.4 Å². The molecule has 1 fully saturated rings. The maximum absolute atomic E-state index is 13.3. The smallest absolute Gasteiger partial charge is 0.340 e. The van der Waals surface area contributed by atoms with E-state index in [2.05, 4.69) is 0 Å². The maximum Gasteiger partial charge on any atom is 0.340 e. The Hall–Kier alpha value is -3.81. The van der Waals surface area contributed by atoms with Crippen LogP contribution in [-0.2, 0) is 54.9 Å². The molecule has 0 amide bonds. The number of rotatable bonds is 12. The van der Waals surface area contributed by atoms with Crippen LogP contribution in [0.4, 0.5) is 0 Å². The lowest BCUT2D eigenvalue weighted by atomic mass is 10.0. The Balaban J connectivity index is 1.39. The molecule has 1 aliphatic heterocycles. The van der Waals surface area contributed by atoms with E-state index in [1.165, 1.54) is 0 Å². The molecular weight excluding hydrogens is 492 g/mol. The molecule has 1 aliphatic rings. The summed E-state index contributed by atoms with van der Waals surface area (Å²) in [6.07, 6.45) is -3.46. The standard InChI is InChI=1S/C33H32O6/c34-32-30(36-22-26-15-7-2-8-16-26)29(35-21-25-13-5-1-6-14-25)31(37-23-27-17-9-3-10-18-27)33(39-32)38-24-28-19-11-4-12-20-28/h1-20,29-31,33H,21-24H2/t29-,30-,31+,33-/m1/s1. The zero-order valence-electron chi connectivity index (χ0n) is 21.6. The van der Waals surface area contributed by atoms with E-state index < -0.39 is 30.6 Å².